The van der Waals surface area contributed by atoms with Crippen molar-refractivity contribution in [1.29, 1.82) is 0 Å². The van der Waals surface area contributed by atoms with Crippen molar-refractivity contribution in [2.45, 2.75) is 19.0 Å². The van der Waals surface area contributed by atoms with Crippen molar-refractivity contribution in [2.75, 3.05) is 12.4 Å². The van der Waals surface area contributed by atoms with Gasteiger partial charge >= 0.3 is 5.97 Å². The van der Waals surface area contributed by atoms with E-state index in [1.54, 1.807) is 43.5 Å². The zero-order chi connectivity index (χ0) is 16.7. The SMILES string of the molecule is COc1ccc(NC(=O)CC(NCc2ccco2)C(=O)O)cc1. The smallest absolute Gasteiger partial charge is 0.321 e. The Morgan fingerprint density at radius 2 is 2.00 bits per heavy atom. The first-order chi connectivity index (χ1) is 11.1. The molecular weight excluding hydrogens is 300 g/mol. The van der Waals surface area contributed by atoms with E-state index in [0.29, 0.717) is 17.2 Å². The summed E-state index contributed by atoms with van der Waals surface area (Å²) >= 11 is 0. The summed E-state index contributed by atoms with van der Waals surface area (Å²) < 4.78 is 10.1. The van der Waals surface area contributed by atoms with Crippen LogP contribution in [0.4, 0.5) is 5.69 Å². The predicted octanol–water partition coefficient (Wildman–Crippen LogP) is 1.86. The number of methoxy groups -OCH3 is 1. The standard InChI is InChI=1S/C16H18N2O5/c1-22-12-6-4-11(5-7-12)18-15(19)9-14(16(20)21)17-10-13-3-2-8-23-13/h2-8,14,17H,9-10H2,1H3,(H,18,19)(H,20,21). The average molecular weight is 318 g/mol. The number of carbonyl (C=O) groups excluding carboxylic acids is 1. The van der Waals surface area contributed by atoms with Crippen LogP contribution in [0.25, 0.3) is 0 Å². The van der Waals surface area contributed by atoms with Gasteiger partial charge in [-0.3, -0.25) is 14.9 Å². The fraction of sp³-hybridized carbons (Fsp3) is 0.250. The van der Waals surface area contributed by atoms with Crippen LogP contribution in [0.3, 0.4) is 0 Å². The monoisotopic (exact) mass is 318 g/mol. The summed E-state index contributed by atoms with van der Waals surface area (Å²) in [5, 5.41) is 14.6. The van der Waals surface area contributed by atoms with Gasteiger partial charge in [-0.2, -0.15) is 0 Å². The molecule has 2 rings (SSSR count). The van der Waals surface area contributed by atoms with E-state index in [9.17, 15) is 14.7 Å². The lowest BCUT2D eigenvalue weighted by atomic mass is 10.2. The van der Waals surface area contributed by atoms with Gasteiger partial charge in [-0.05, 0) is 36.4 Å². The first-order valence-corrected chi connectivity index (χ1v) is 7.01. The van der Waals surface area contributed by atoms with Crippen LogP contribution in [0.5, 0.6) is 5.75 Å². The van der Waals surface area contributed by atoms with Crippen LogP contribution >= 0.6 is 0 Å². The van der Waals surface area contributed by atoms with E-state index in [2.05, 4.69) is 10.6 Å². The van der Waals surface area contributed by atoms with Crippen molar-refractivity contribution < 1.29 is 23.8 Å². The van der Waals surface area contributed by atoms with E-state index in [0.717, 1.165) is 0 Å². The highest BCUT2D eigenvalue weighted by Gasteiger charge is 2.21. The minimum Gasteiger partial charge on any atom is -0.497 e. The number of nitrogens with one attached hydrogen (secondary N) is 2. The molecular formula is C16H18N2O5. The van der Waals surface area contributed by atoms with Gasteiger partial charge in [0.05, 0.1) is 26.3 Å². The number of anilines is 1. The van der Waals surface area contributed by atoms with Gasteiger partial charge in [0.2, 0.25) is 5.91 Å². The number of carboxylic acids is 1. The number of aliphatic carboxylic acids is 1. The Balaban J connectivity index is 1.87. The van der Waals surface area contributed by atoms with Crippen LogP contribution in [0.1, 0.15) is 12.2 Å². The quantitative estimate of drug-likeness (QED) is 0.687. The molecule has 2 aromatic rings. The van der Waals surface area contributed by atoms with Crippen molar-refractivity contribution in [1.82, 2.24) is 5.32 Å². The molecule has 1 aromatic heterocycles. The Hall–Kier alpha value is -2.80. The Morgan fingerprint density at radius 3 is 2.57 bits per heavy atom. The molecule has 7 nitrogen and oxygen atoms in total. The number of hydrogen-bond donors (Lipinski definition) is 3. The number of furan rings is 1. The molecule has 0 aliphatic rings. The summed E-state index contributed by atoms with van der Waals surface area (Å²) in [6, 6.07) is 9.22. The lowest BCUT2D eigenvalue weighted by Gasteiger charge is -2.13. The van der Waals surface area contributed by atoms with Gasteiger partial charge in [-0.25, -0.2) is 0 Å². The Kier molecular flexibility index (Phi) is 5.76. The average Bonchev–Trinajstić information content (AvgIpc) is 3.05. The molecule has 0 saturated heterocycles. The predicted molar refractivity (Wildman–Crippen MR) is 83.2 cm³/mol. The molecule has 0 bridgehead atoms. The molecule has 122 valence electrons. The van der Waals surface area contributed by atoms with E-state index in [1.165, 1.54) is 6.26 Å². The van der Waals surface area contributed by atoms with Gasteiger partial charge in [-0.1, -0.05) is 0 Å². The highest BCUT2D eigenvalue weighted by atomic mass is 16.5. The van der Waals surface area contributed by atoms with Gasteiger partial charge in [0.15, 0.2) is 0 Å². The molecule has 0 spiro atoms. The number of rotatable bonds is 8. The minimum absolute atomic E-state index is 0.192. The topological polar surface area (TPSA) is 101 Å². The van der Waals surface area contributed by atoms with Gasteiger partial charge in [0.25, 0.3) is 0 Å². The number of amides is 1. The van der Waals surface area contributed by atoms with E-state index in [-0.39, 0.29) is 13.0 Å². The van der Waals surface area contributed by atoms with Crippen LogP contribution in [0.15, 0.2) is 47.1 Å². The molecule has 7 heteroatoms. The van der Waals surface area contributed by atoms with E-state index < -0.39 is 17.9 Å². The maximum Gasteiger partial charge on any atom is 0.321 e. The highest BCUT2D eigenvalue weighted by molar-refractivity contribution is 5.94. The maximum atomic E-state index is 12.0. The van der Waals surface area contributed by atoms with Gasteiger partial charge < -0.3 is 19.6 Å². The third-order valence-electron chi connectivity index (χ3n) is 3.16. The molecule has 1 atom stereocenters. The molecule has 0 aliphatic heterocycles. The number of carboxylic acid groups (broad SMARTS) is 1. The normalized spacial score (nSPS) is 11.7. The number of carbonyl (C=O) groups is 2. The lowest BCUT2D eigenvalue weighted by Crippen LogP contribution is -2.39. The van der Waals surface area contributed by atoms with Crippen LogP contribution in [0, 0.1) is 0 Å². The number of hydrogen-bond acceptors (Lipinski definition) is 5. The van der Waals surface area contributed by atoms with Crippen molar-refractivity contribution in [3.8, 4) is 5.75 Å². The largest absolute Gasteiger partial charge is 0.497 e. The third-order valence-corrected chi connectivity index (χ3v) is 3.16. The summed E-state index contributed by atoms with van der Waals surface area (Å²) in [4.78, 5) is 23.2. The summed E-state index contributed by atoms with van der Waals surface area (Å²) in [5.41, 5.74) is 0.575. The van der Waals surface area contributed by atoms with Crippen LogP contribution in [-0.4, -0.2) is 30.1 Å². The summed E-state index contributed by atoms with van der Waals surface area (Å²) in [7, 11) is 1.55. The van der Waals surface area contributed by atoms with E-state index in [4.69, 9.17) is 9.15 Å². The van der Waals surface area contributed by atoms with Gasteiger partial charge in [0.1, 0.15) is 17.6 Å². The molecule has 0 aliphatic carbocycles. The van der Waals surface area contributed by atoms with Crippen LogP contribution < -0.4 is 15.4 Å². The van der Waals surface area contributed by atoms with Gasteiger partial charge in [-0.15, -0.1) is 0 Å². The van der Waals surface area contributed by atoms with Crippen molar-refractivity contribution in [2.24, 2.45) is 0 Å². The van der Waals surface area contributed by atoms with E-state index in [1.807, 2.05) is 0 Å². The van der Waals surface area contributed by atoms with Crippen molar-refractivity contribution >= 4 is 17.6 Å². The Labute approximate surface area is 133 Å². The molecule has 1 heterocycles. The Bertz CT molecular complexity index is 637. The second-order valence-corrected chi connectivity index (χ2v) is 4.83. The van der Waals surface area contributed by atoms with Crippen molar-refractivity contribution in [3.05, 3.63) is 48.4 Å². The molecule has 1 unspecified atom stereocenters. The zero-order valence-electron chi connectivity index (χ0n) is 12.6. The fourth-order valence-electron chi connectivity index (χ4n) is 1.96. The summed E-state index contributed by atoms with van der Waals surface area (Å²) in [6.07, 6.45) is 1.31. The second-order valence-electron chi connectivity index (χ2n) is 4.83. The maximum absolute atomic E-state index is 12.0. The molecule has 3 N–H and O–H groups in total. The first kappa shape index (κ1) is 16.6. The van der Waals surface area contributed by atoms with Crippen LogP contribution in [-0.2, 0) is 16.1 Å². The van der Waals surface area contributed by atoms with E-state index >= 15 is 0 Å². The number of ether oxygens (including phenoxy) is 1. The lowest BCUT2D eigenvalue weighted by molar-refractivity contribution is -0.141. The molecule has 1 amide bonds. The molecule has 0 fully saturated rings. The number of benzene rings is 1. The molecule has 1 aromatic carbocycles. The molecule has 23 heavy (non-hydrogen) atoms. The molecule has 0 radical (unpaired) electrons. The van der Waals surface area contributed by atoms with Gasteiger partial charge in [0, 0.05) is 5.69 Å². The zero-order valence-corrected chi connectivity index (χ0v) is 12.6. The molecule has 0 saturated carbocycles. The van der Waals surface area contributed by atoms with Crippen LogP contribution in [0.2, 0.25) is 0 Å². The Morgan fingerprint density at radius 1 is 1.26 bits per heavy atom. The fourth-order valence-corrected chi connectivity index (χ4v) is 1.96. The summed E-state index contributed by atoms with van der Waals surface area (Å²) in [5.74, 6) is -0.214. The first-order valence-electron chi connectivity index (χ1n) is 7.01. The highest BCUT2D eigenvalue weighted by Crippen LogP contribution is 2.15. The summed E-state index contributed by atoms with van der Waals surface area (Å²) in [6.45, 7) is 0.236. The third kappa shape index (κ3) is 5.15. The second kappa shape index (κ2) is 8.00. The minimum atomic E-state index is -1.10. The van der Waals surface area contributed by atoms with Crippen molar-refractivity contribution in [3.63, 3.8) is 0 Å².